The summed E-state index contributed by atoms with van der Waals surface area (Å²) in [5, 5.41) is 6.25. The van der Waals surface area contributed by atoms with E-state index in [1.807, 2.05) is 24.3 Å². The molecule has 2 N–H and O–H groups in total. The van der Waals surface area contributed by atoms with Gasteiger partial charge in [-0.1, -0.05) is 12.1 Å². The van der Waals surface area contributed by atoms with Crippen LogP contribution in [0.5, 0.6) is 23.0 Å². The van der Waals surface area contributed by atoms with Crippen molar-refractivity contribution in [2.45, 2.75) is 6.54 Å². The van der Waals surface area contributed by atoms with Crippen LogP contribution in [0.15, 0.2) is 41.4 Å². The minimum Gasteiger partial charge on any atom is -0.497 e. The summed E-state index contributed by atoms with van der Waals surface area (Å²) in [5.74, 6) is 2.62. The molecule has 0 unspecified atom stereocenters. The van der Waals surface area contributed by atoms with E-state index in [0.717, 1.165) is 11.3 Å². The predicted molar refractivity (Wildman–Crippen MR) is 121 cm³/mol. The minimum atomic E-state index is -0.0798. The Hall–Kier alpha value is -3.62. The molecule has 0 radical (unpaired) electrons. The van der Waals surface area contributed by atoms with Crippen molar-refractivity contribution in [2.24, 2.45) is 4.99 Å². The summed E-state index contributed by atoms with van der Waals surface area (Å²) in [7, 11) is 9.67. The maximum atomic E-state index is 12.0. The molecule has 0 aliphatic rings. The number of hydrogen-bond acceptors (Lipinski definition) is 6. The van der Waals surface area contributed by atoms with E-state index in [-0.39, 0.29) is 12.5 Å². The van der Waals surface area contributed by atoms with Crippen molar-refractivity contribution >= 4 is 17.6 Å². The van der Waals surface area contributed by atoms with Crippen LogP contribution in [0.2, 0.25) is 0 Å². The van der Waals surface area contributed by atoms with Gasteiger partial charge in [0.1, 0.15) is 5.75 Å². The van der Waals surface area contributed by atoms with Gasteiger partial charge in [0.15, 0.2) is 17.5 Å². The highest BCUT2D eigenvalue weighted by Crippen LogP contribution is 2.39. The van der Waals surface area contributed by atoms with Crippen LogP contribution in [-0.4, -0.2) is 65.8 Å². The molecule has 0 aromatic heterocycles. The Bertz CT molecular complexity index is 872. The highest BCUT2D eigenvalue weighted by atomic mass is 16.5. The molecule has 31 heavy (non-hydrogen) atoms. The fourth-order valence-corrected chi connectivity index (χ4v) is 2.65. The smallest absolute Gasteiger partial charge is 0.241 e. The van der Waals surface area contributed by atoms with Crippen LogP contribution in [0.3, 0.4) is 0 Å². The number of ether oxygens (including phenoxy) is 4. The lowest BCUT2D eigenvalue weighted by atomic mass is 10.2. The number of anilines is 1. The van der Waals surface area contributed by atoms with Gasteiger partial charge in [-0.15, -0.1) is 0 Å². The average molecular weight is 431 g/mol. The van der Waals surface area contributed by atoms with Crippen LogP contribution in [0.1, 0.15) is 5.56 Å². The van der Waals surface area contributed by atoms with Gasteiger partial charge in [-0.3, -0.25) is 4.79 Å². The number of benzene rings is 2. The Labute approximate surface area is 183 Å². The van der Waals surface area contributed by atoms with Crippen molar-refractivity contribution in [3.05, 3.63) is 42.0 Å². The van der Waals surface area contributed by atoms with Gasteiger partial charge in [0.25, 0.3) is 0 Å². The second-order valence-corrected chi connectivity index (χ2v) is 6.69. The van der Waals surface area contributed by atoms with E-state index in [9.17, 15) is 4.79 Å². The summed E-state index contributed by atoms with van der Waals surface area (Å²) in [5.41, 5.74) is 1.65. The molecule has 1 amide bonds. The lowest BCUT2D eigenvalue weighted by Gasteiger charge is -2.17. The number of rotatable bonds is 9. The first-order valence-corrected chi connectivity index (χ1v) is 9.60. The maximum Gasteiger partial charge on any atom is 0.241 e. The van der Waals surface area contributed by atoms with Gasteiger partial charge in [0, 0.05) is 31.9 Å². The molecule has 2 aromatic carbocycles. The summed E-state index contributed by atoms with van der Waals surface area (Å²) in [6.45, 7) is 0.492. The van der Waals surface area contributed by atoms with Gasteiger partial charge in [-0.25, -0.2) is 4.99 Å². The quantitative estimate of drug-likeness (QED) is 0.466. The molecular weight excluding hydrogens is 400 g/mol. The van der Waals surface area contributed by atoms with Gasteiger partial charge >= 0.3 is 0 Å². The molecule has 2 aromatic rings. The zero-order chi connectivity index (χ0) is 22.8. The molecule has 2 rings (SSSR count). The van der Waals surface area contributed by atoms with Crippen LogP contribution < -0.4 is 29.6 Å². The Kier molecular flexibility index (Phi) is 8.80. The third-order valence-electron chi connectivity index (χ3n) is 4.41. The first kappa shape index (κ1) is 23.7. The highest BCUT2D eigenvalue weighted by molar-refractivity contribution is 5.96. The molecule has 0 saturated heterocycles. The molecule has 0 atom stereocenters. The maximum absolute atomic E-state index is 12.0. The van der Waals surface area contributed by atoms with Crippen molar-refractivity contribution in [2.75, 3.05) is 54.4 Å². The van der Waals surface area contributed by atoms with E-state index in [1.54, 1.807) is 54.7 Å². The number of nitrogens with one attached hydrogen (secondary N) is 2. The summed E-state index contributed by atoms with van der Waals surface area (Å²) >= 11 is 0. The molecule has 0 spiro atoms. The third-order valence-corrected chi connectivity index (χ3v) is 4.41. The van der Waals surface area contributed by atoms with Crippen molar-refractivity contribution < 1.29 is 23.7 Å². The fraction of sp³-hybridized carbons (Fsp3) is 0.364. The van der Waals surface area contributed by atoms with Gasteiger partial charge in [-0.2, -0.15) is 0 Å². The lowest BCUT2D eigenvalue weighted by molar-refractivity contribution is -0.127. The molecule has 9 heteroatoms. The molecule has 0 saturated carbocycles. The van der Waals surface area contributed by atoms with Gasteiger partial charge in [0.05, 0.1) is 41.5 Å². The molecule has 0 aliphatic heterocycles. The monoisotopic (exact) mass is 430 g/mol. The van der Waals surface area contributed by atoms with Crippen LogP contribution in [0.4, 0.5) is 5.69 Å². The van der Waals surface area contributed by atoms with Crippen molar-refractivity contribution in [3.8, 4) is 23.0 Å². The van der Waals surface area contributed by atoms with Crippen molar-refractivity contribution in [1.29, 1.82) is 0 Å². The molecule has 0 fully saturated rings. The van der Waals surface area contributed by atoms with Gasteiger partial charge in [-0.05, 0) is 17.7 Å². The normalized spacial score (nSPS) is 10.8. The number of carbonyl (C=O) groups excluding carboxylic acids is 1. The lowest BCUT2D eigenvalue weighted by Crippen LogP contribution is -2.39. The van der Waals surface area contributed by atoms with Crippen LogP contribution in [0.25, 0.3) is 0 Å². The SMILES string of the molecule is COc1ccc(CN=C(NCC(=O)N(C)C)Nc2cc(OC)c(OC)c(OC)c2)cc1. The Morgan fingerprint density at radius 2 is 1.55 bits per heavy atom. The first-order chi connectivity index (χ1) is 14.9. The number of hydrogen-bond donors (Lipinski definition) is 2. The minimum absolute atomic E-state index is 0.0798. The molecule has 0 bridgehead atoms. The standard InChI is InChI=1S/C22H30N4O5/c1-26(2)20(27)14-24-22(23-13-15-7-9-17(28-3)10-8-15)25-16-11-18(29-4)21(31-6)19(12-16)30-5/h7-12H,13-14H2,1-6H3,(H2,23,24,25). The van der Waals surface area contributed by atoms with E-state index in [0.29, 0.717) is 35.4 Å². The number of likely N-dealkylation sites (N-methyl/N-ethyl adjacent to an activating group) is 1. The highest BCUT2D eigenvalue weighted by Gasteiger charge is 2.14. The number of methoxy groups -OCH3 is 4. The second-order valence-electron chi connectivity index (χ2n) is 6.69. The molecule has 0 aliphatic carbocycles. The Balaban J connectivity index is 2.27. The second kappa shape index (κ2) is 11.5. The number of aliphatic imine (C=N–C) groups is 1. The van der Waals surface area contributed by atoms with Crippen LogP contribution >= 0.6 is 0 Å². The van der Waals surface area contributed by atoms with Crippen LogP contribution in [-0.2, 0) is 11.3 Å². The summed E-state index contributed by atoms with van der Waals surface area (Å²) in [4.78, 5) is 18.1. The Morgan fingerprint density at radius 1 is 0.935 bits per heavy atom. The zero-order valence-electron chi connectivity index (χ0n) is 18.8. The molecular formula is C22H30N4O5. The number of nitrogens with zero attached hydrogens (tertiary/aromatic N) is 2. The third kappa shape index (κ3) is 6.70. The van der Waals surface area contributed by atoms with Crippen molar-refractivity contribution in [1.82, 2.24) is 10.2 Å². The van der Waals surface area contributed by atoms with E-state index in [4.69, 9.17) is 18.9 Å². The molecule has 168 valence electrons. The fourth-order valence-electron chi connectivity index (χ4n) is 2.65. The first-order valence-electron chi connectivity index (χ1n) is 9.60. The largest absolute Gasteiger partial charge is 0.497 e. The molecule has 0 heterocycles. The van der Waals surface area contributed by atoms with E-state index in [2.05, 4.69) is 15.6 Å². The van der Waals surface area contributed by atoms with Crippen molar-refractivity contribution in [3.63, 3.8) is 0 Å². The summed E-state index contributed by atoms with van der Waals surface area (Å²) < 4.78 is 21.4. The topological polar surface area (TPSA) is 93.7 Å². The van der Waals surface area contributed by atoms with E-state index >= 15 is 0 Å². The number of carbonyl (C=O) groups is 1. The van der Waals surface area contributed by atoms with Gasteiger partial charge < -0.3 is 34.5 Å². The van der Waals surface area contributed by atoms with E-state index < -0.39 is 0 Å². The summed E-state index contributed by atoms with van der Waals surface area (Å²) in [6, 6.07) is 11.1. The Morgan fingerprint density at radius 3 is 2.03 bits per heavy atom. The number of amides is 1. The zero-order valence-corrected chi connectivity index (χ0v) is 18.8. The summed E-state index contributed by atoms with van der Waals surface area (Å²) in [6.07, 6.45) is 0. The number of guanidine groups is 1. The average Bonchev–Trinajstić information content (AvgIpc) is 2.79. The molecule has 9 nitrogen and oxygen atoms in total. The predicted octanol–water partition coefficient (Wildman–Crippen LogP) is 2.37. The van der Waals surface area contributed by atoms with Crippen LogP contribution in [0, 0.1) is 0 Å². The van der Waals surface area contributed by atoms with Gasteiger partial charge in [0.2, 0.25) is 11.7 Å². The van der Waals surface area contributed by atoms with E-state index in [1.165, 1.54) is 4.90 Å².